The maximum absolute atomic E-state index is 13.4. The molecule has 1 heterocycles. The van der Waals surface area contributed by atoms with E-state index in [2.05, 4.69) is 33.4 Å². The SMILES string of the molecule is COc1ccc(Br)cc1/C=C1\C(=O)NC(=O)N(c2ccc(C34CC5CC(CC(C5)C3)C4)cc2)C1=O. The first-order valence-electron chi connectivity index (χ1n) is 12.2. The number of benzene rings is 2. The summed E-state index contributed by atoms with van der Waals surface area (Å²) in [6.45, 7) is 0. The minimum Gasteiger partial charge on any atom is -0.496 e. The summed E-state index contributed by atoms with van der Waals surface area (Å²) in [5.41, 5.74) is 2.45. The van der Waals surface area contributed by atoms with Crippen molar-refractivity contribution in [3.63, 3.8) is 0 Å². The Labute approximate surface area is 212 Å². The van der Waals surface area contributed by atoms with E-state index >= 15 is 0 Å². The van der Waals surface area contributed by atoms with Crippen molar-refractivity contribution < 1.29 is 19.1 Å². The van der Waals surface area contributed by atoms with Crippen LogP contribution >= 0.6 is 15.9 Å². The minimum absolute atomic E-state index is 0.119. The molecule has 4 aliphatic carbocycles. The second kappa shape index (κ2) is 8.33. The van der Waals surface area contributed by atoms with Gasteiger partial charge in [-0.3, -0.25) is 14.9 Å². The van der Waals surface area contributed by atoms with Crippen LogP contribution in [0.4, 0.5) is 10.5 Å². The lowest BCUT2D eigenvalue weighted by molar-refractivity contribution is -0.122. The number of anilines is 1. The largest absolute Gasteiger partial charge is 0.496 e. The van der Waals surface area contributed by atoms with Gasteiger partial charge in [-0.2, -0.15) is 0 Å². The van der Waals surface area contributed by atoms with Crippen LogP contribution in [0.2, 0.25) is 0 Å². The van der Waals surface area contributed by atoms with Gasteiger partial charge < -0.3 is 4.74 Å². The first-order chi connectivity index (χ1) is 16.8. The molecule has 2 aromatic rings. The van der Waals surface area contributed by atoms with Crippen LogP contribution in [0.25, 0.3) is 6.08 Å². The number of halogens is 1. The molecule has 4 amide bonds. The summed E-state index contributed by atoms with van der Waals surface area (Å²) >= 11 is 3.41. The predicted molar refractivity (Wildman–Crippen MR) is 136 cm³/mol. The van der Waals surface area contributed by atoms with Crippen molar-refractivity contribution in [2.45, 2.75) is 43.9 Å². The fourth-order valence-electron chi connectivity index (χ4n) is 7.29. The zero-order valence-corrected chi connectivity index (χ0v) is 21.1. The highest BCUT2D eigenvalue weighted by atomic mass is 79.9. The van der Waals surface area contributed by atoms with Gasteiger partial charge in [0.15, 0.2) is 0 Å². The standard InChI is InChI=1S/C28H27BrN2O4/c1-35-24-7-4-21(29)11-19(24)12-23-25(32)30-27(34)31(26(23)33)22-5-2-20(3-6-22)28-13-16-8-17(14-28)10-18(9-16)15-28/h2-7,11-12,16-18H,8-10,13-15H2,1H3,(H,30,32,34)/b23-12+. The quantitative estimate of drug-likeness (QED) is 0.409. The summed E-state index contributed by atoms with van der Waals surface area (Å²) in [6.07, 6.45) is 9.35. The summed E-state index contributed by atoms with van der Waals surface area (Å²) < 4.78 is 6.15. The lowest BCUT2D eigenvalue weighted by atomic mass is 9.48. The molecule has 2 aromatic carbocycles. The van der Waals surface area contributed by atoms with Gasteiger partial charge in [0.2, 0.25) is 0 Å². The van der Waals surface area contributed by atoms with Crippen molar-refractivity contribution in [1.82, 2.24) is 5.32 Å². The van der Waals surface area contributed by atoms with Gasteiger partial charge in [0.25, 0.3) is 11.8 Å². The van der Waals surface area contributed by atoms with Gasteiger partial charge in [-0.05, 0) is 104 Å². The van der Waals surface area contributed by atoms with Gasteiger partial charge in [0, 0.05) is 10.0 Å². The Morgan fingerprint density at radius 1 is 0.971 bits per heavy atom. The van der Waals surface area contributed by atoms with Crippen LogP contribution in [0.3, 0.4) is 0 Å². The number of carbonyl (C=O) groups excluding carboxylic acids is 3. The zero-order chi connectivity index (χ0) is 24.3. The van der Waals surface area contributed by atoms with Gasteiger partial charge >= 0.3 is 6.03 Å². The van der Waals surface area contributed by atoms with Gasteiger partial charge in [0.05, 0.1) is 12.8 Å². The maximum Gasteiger partial charge on any atom is 0.335 e. The van der Waals surface area contributed by atoms with Crippen molar-refractivity contribution in [3.05, 3.63) is 63.6 Å². The molecule has 1 saturated heterocycles. The number of rotatable bonds is 4. The Morgan fingerprint density at radius 2 is 1.60 bits per heavy atom. The molecular weight excluding hydrogens is 508 g/mol. The summed E-state index contributed by atoms with van der Waals surface area (Å²) in [5.74, 6) is 1.66. The molecule has 5 aliphatic rings. The second-order valence-corrected chi connectivity index (χ2v) is 11.5. The molecule has 4 saturated carbocycles. The topological polar surface area (TPSA) is 75.7 Å². The highest BCUT2D eigenvalue weighted by molar-refractivity contribution is 9.10. The molecule has 1 N–H and O–H groups in total. The Bertz CT molecular complexity index is 1230. The number of nitrogens with zero attached hydrogens (tertiary/aromatic N) is 1. The van der Waals surface area contributed by atoms with Crippen molar-refractivity contribution in [2.75, 3.05) is 12.0 Å². The van der Waals surface area contributed by atoms with Gasteiger partial charge in [0.1, 0.15) is 11.3 Å². The monoisotopic (exact) mass is 534 g/mol. The van der Waals surface area contributed by atoms with Gasteiger partial charge in [-0.1, -0.05) is 28.1 Å². The number of barbiturate groups is 1. The lowest BCUT2D eigenvalue weighted by Gasteiger charge is -2.57. The minimum atomic E-state index is -0.735. The Balaban J connectivity index is 1.31. The smallest absolute Gasteiger partial charge is 0.335 e. The van der Waals surface area contributed by atoms with Crippen molar-refractivity contribution in [3.8, 4) is 5.75 Å². The van der Waals surface area contributed by atoms with E-state index in [-0.39, 0.29) is 11.0 Å². The van der Waals surface area contributed by atoms with Crippen LogP contribution in [-0.4, -0.2) is 25.0 Å². The Morgan fingerprint density at radius 3 is 2.20 bits per heavy atom. The third kappa shape index (κ3) is 3.80. The van der Waals surface area contributed by atoms with E-state index < -0.39 is 17.8 Å². The summed E-state index contributed by atoms with van der Waals surface area (Å²) in [4.78, 5) is 39.7. The van der Waals surface area contributed by atoms with Gasteiger partial charge in [-0.25, -0.2) is 9.69 Å². The molecule has 0 aromatic heterocycles. The van der Waals surface area contributed by atoms with E-state index in [1.165, 1.54) is 57.3 Å². The lowest BCUT2D eigenvalue weighted by Crippen LogP contribution is -2.54. The molecular formula is C28H27BrN2O4. The number of amides is 4. The molecule has 0 spiro atoms. The van der Waals surface area contributed by atoms with Crippen LogP contribution in [0.15, 0.2) is 52.5 Å². The van der Waals surface area contributed by atoms with Crippen molar-refractivity contribution in [2.24, 2.45) is 17.8 Å². The molecule has 180 valence electrons. The maximum atomic E-state index is 13.4. The number of nitrogens with one attached hydrogen (secondary N) is 1. The third-order valence-corrected chi connectivity index (χ3v) is 8.86. The zero-order valence-electron chi connectivity index (χ0n) is 19.6. The number of hydrogen-bond acceptors (Lipinski definition) is 4. The molecule has 0 radical (unpaired) electrons. The van der Waals surface area contributed by atoms with E-state index in [9.17, 15) is 14.4 Å². The van der Waals surface area contributed by atoms with Crippen LogP contribution in [-0.2, 0) is 15.0 Å². The third-order valence-electron chi connectivity index (χ3n) is 8.37. The molecule has 0 atom stereocenters. The molecule has 5 fully saturated rings. The van der Waals surface area contributed by atoms with Crippen molar-refractivity contribution in [1.29, 1.82) is 0 Å². The molecule has 35 heavy (non-hydrogen) atoms. The fraction of sp³-hybridized carbons (Fsp3) is 0.393. The normalized spacial score (nSPS) is 30.7. The van der Waals surface area contributed by atoms with Crippen LogP contribution in [0.1, 0.15) is 49.7 Å². The Hall–Kier alpha value is -2.93. The van der Waals surface area contributed by atoms with Gasteiger partial charge in [-0.15, -0.1) is 0 Å². The number of hydrogen-bond donors (Lipinski definition) is 1. The van der Waals surface area contributed by atoms with Crippen molar-refractivity contribution >= 4 is 45.5 Å². The van der Waals surface area contributed by atoms with Crippen LogP contribution in [0.5, 0.6) is 5.75 Å². The summed E-state index contributed by atoms with van der Waals surface area (Å²) in [6, 6.07) is 12.4. The molecule has 7 heteroatoms. The summed E-state index contributed by atoms with van der Waals surface area (Å²) in [5, 5.41) is 2.31. The first-order valence-corrected chi connectivity index (χ1v) is 13.0. The number of methoxy groups -OCH3 is 1. The molecule has 1 aliphatic heterocycles. The molecule has 6 nitrogen and oxygen atoms in total. The number of imide groups is 2. The molecule has 0 unspecified atom stereocenters. The van der Waals surface area contributed by atoms with E-state index in [1.807, 2.05) is 18.2 Å². The Kier molecular flexibility index (Phi) is 5.36. The van der Waals surface area contributed by atoms with Crippen LogP contribution in [0, 0.1) is 17.8 Å². The fourth-order valence-corrected chi connectivity index (χ4v) is 7.67. The first kappa shape index (κ1) is 22.5. The van der Waals surface area contributed by atoms with E-state index in [4.69, 9.17) is 4.74 Å². The van der Waals surface area contributed by atoms with E-state index in [1.54, 1.807) is 12.1 Å². The number of carbonyl (C=O) groups is 3. The summed E-state index contributed by atoms with van der Waals surface area (Å²) in [7, 11) is 1.52. The average molecular weight is 535 g/mol. The molecule has 4 bridgehead atoms. The van der Waals surface area contributed by atoms with Crippen LogP contribution < -0.4 is 15.0 Å². The second-order valence-electron chi connectivity index (χ2n) is 10.6. The highest BCUT2D eigenvalue weighted by Crippen LogP contribution is 2.60. The molecule has 7 rings (SSSR count). The predicted octanol–water partition coefficient (Wildman–Crippen LogP) is 5.59. The number of ether oxygens (including phenoxy) is 1. The highest BCUT2D eigenvalue weighted by Gasteiger charge is 2.51. The van der Waals surface area contributed by atoms with E-state index in [0.29, 0.717) is 17.0 Å². The average Bonchev–Trinajstić information content (AvgIpc) is 2.81. The number of urea groups is 1. The van der Waals surface area contributed by atoms with E-state index in [0.717, 1.165) is 27.1 Å².